The van der Waals surface area contributed by atoms with Gasteiger partial charge in [-0.2, -0.15) is 0 Å². The zero-order chi connectivity index (χ0) is 19.5. The molecule has 148 valence electrons. The second-order valence-electron chi connectivity index (χ2n) is 7.66. The van der Waals surface area contributed by atoms with E-state index in [1.165, 1.54) is 0 Å². The standard InChI is InChI=1S/C21H27N5O2/c1-15(2)21(27)22-9-7-19-23-24-20-8-10-25(11-12-26(19)20)14-17-13-16-5-3-4-6-18(16)28-17/h3-6,13,15H,7-12,14H2,1-2H3,(H,22,27). The fourth-order valence-electron chi connectivity index (χ4n) is 3.61. The maximum absolute atomic E-state index is 11.7. The maximum atomic E-state index is 11.7. The molecule has 1 amide bonds. The summed E-state index contributed by atoms with van der Waals surface area (Å²) < 4.78 is 8.18. The summed E-state index contributed by atoms with van der Waals surface area (Å²) in [4.78, 5) is 14.1. The lowest BCUT2D eigenvalue weighted by atomic mass is 10.2. The van der Waals surface area contributed by atoms with Crippen LogP contribution < -0.4 is 5.32 Å². The molecule has 2 aromatic heterocycles. The average Bonchev–Trinajstić information content (AvgIpc) is 3.21. The molecule has 28 heavy (non-hydrogen) atoms. The minimum atomic E-state index is 0.00215. The normalized spacial score (nSPS) is 15.0. The van der Waals surface area contributed by atoms with E-state index in [0.717, 1.165) is 61.0 Å². The number of carbonyl (C=O) groups excluding carboxylic acids is 1. The Morgan fingerprint density at radius 2 is 2.07 bits per heavy atom. The molecule has 7 nitrogen and oxygen atoms in total. The molecule has 0 bridgehead atoms. The van der Waals surface area contributed by atoms with E-state index in [9.17, 15) is 4.79 Å². The Labute approximate surface area is 164 Å². The number of para-hydroxylation sites is 1. The minimum absolute atomic E-state index is 0.00215. The second-order valence-corrected chi connectivity index (χ2v) is 7.66. The molecule has 0 spiro atoms. The zero-order valence-electron chi connectivity index (χ0n) is 16.5. The number of amides is 1. The first kappa shape index (κ1) is 18.7. The van der Waals surface area contributed by atoms with Gasteiger partial charge in [0.05, 0.1) is 6.54 Å². The van der Waals surface area contributed by atoms with Gasteiger partial charge < -0.3 is 14.3 Å². The monoisotopic (exact) mass is 381 g/mol. The third-order valence-electron chi connectivity index (χ3n) is 5.22. The van der Waals surface area contributed by atoms with Crippen molar-refractivity contribution in [1.82, 2.24) is 25.0 Å². The lowest BCUT2D eigenvalue weighted by Crippen LogP contribution is -2.30. The molecule has 0 fully saturated rings. The van der Waals surface area contributed by atoms with E-state index in [-0.39, 0.29) is 11.8 Å². The van der Waals surface area contributed by atoms with Gasteiger partial charge in [-0.15, -0.1) is 10.2 Å². The first-order valence-corrected chi connectivity index (χ1v) is 9.98. The molecule has 1 aliphatic heterocycles. The highest BCUT2D eigenvalue weighted by Gasteiger charge is 2.20. The van der Waals surface area contributed by atoms with Crippen LogP contribution in [0.4, 0.5) is 0 Å². The first-order valence-electron chi connectivity index (χ1n) is 9.98. The minimum Gasteiger partial charge on any atom is -0.460 e. The Balaban J connectivity index is 1.36. The SMILES string of the molecule is CC(C)C(=O)NCCc1nnc2n1CCN(Cc1cc3ccccc3o1)CC2. The highest BCUT2D eigenvalue weighted by atomic mass is 16.3. The number of nitrogens with zero attached hydrogens (tertiary/aromatic N) is 4. The lowest BCUT2D eigenvalue weighted by molar-refractivity contribution is -0.123. The molecule has 7 heteroatoms. The number of rotatable bonds is 6. The Morgan fingerprint density at radius 1 is 1.21 bits per heavy atom. The van der Waals surface area contributed by atoms with Crippen LogP contribution in [0.5, 0.6) is 0 Å². The van der Waals surface area contributed by atoms with Crippen LogP contribution in [-0.2, 0) is 30.7 Å². The van der Waals surface area contributed by atoms with Gasteiger partial charge in [0.2, 0.25) is 5.91 Å². The molecular formula is C21H27N5O2. The van der Waals surface area contributed by atoms with Gasteiger partial charge in [0.1, 0.15) is 23.0 Å². The maximum Gasteiger partial charge on any atom is 0.222 e. The van der Waals surface area contributed by atoms with Crippen LogP contribution in [0.25, 0.3) is 11.0 Å². The average molecular weight is 381 g/mol. The smallest absolute Gasteiger partial charge is 0.222 e. The van der Waals surface area contributed by atoms with Gasteiger partial charge in [-0.05, 0) is 12.1 Å². The molecule has 0 unspecified atom stereocenters. The molecule has 4 rings (SSSR count). The van der Waals surface area contributed by atoms with E-state index < -0.39 is 0 Å². The van der Waals surface area contributed by atoms with Crippen LogP contribution in [0, 0.1) is 5.92 Å². The number of hydrogen-bond acceptors (Lipinski definition) is 5. The zero-order valence-corrected chi connectivity index (χ0v) is 16.5. The van der Waals surface area contributed by atoms with Crippen molar-refractivity contribution in [3.8, 4) is 0 Å². The van der Waals surface area contributed by atoms with Gasteiger partial charge >= 0.3 is 0 Å². The molecule has 1 aromatic carbocycles. The predicted octanol–water partition coefficient (Wildman–Crippen LogP) is 2.40. The van der Waals surface area contributed by atoms with E-state index in [2.05, 4.69) is 37.1 Å². The van der Waals surface area contributed by atoms with Crippen molar-refractivity contribution < 1.29 is 9.21 Å². The summed E-state index contributed by atoms with van der Waals surface area (Å²) in [5, 5.41) is 12.8. The van der Waals surface area contributed by atoms with Crippen LogP contribution in [-0.4, -0.2) is 45.2 Å². The van der Waals surface area contributed by atoms with Crippen molar-refractivity contribution in [2.75, 3.05) is 19.6 Å². The number of hydrogen-bond donors (Lipinski definition) is 1. The molecule has 3 aromatic rings. The number of carbonyl (C=O) groups is 1. The predicted molar refractivity (Wildman–Crippen MR) is 107 cm³/mol. The third kappa shape index (κ3) is 4.09. The molecule has 0 saturated carbocycles. The quantitative estimate of drug-likeness (QED) is 0.710. The number of aromatic nitrogens is 3. The van der Waals surface area contributed by atoms with Crippen LogP contribution in [0.15, 0.2) is 34.7 Å². The Morgan fingerprint density at radius 3 is 2.89 bits per heavy atom. The Hall–Kier alpha value is -2.67. The molecular weight excluding hydrogens is 354 g/mol. The first-order chi connectivity index (χ1) is 13.6. The lowest BCUT2D eigenvalue weighted by Gasteiger charge is -2.18. The largest absolute Gasteiger partial charge is 0.460 e. The third-order valence-corrected chi connectivity index (χ3v) is 5.22. The molecule has 1 aliphatic rings. The fraction of sp³-hybridized carbons (Fsp3) is 0.476. The molecule has 0 aliphatic carbocycles. The molecule has 0 atom stereocenters. The van der Waals surface area contributed by atoms with Crippen molar-refractivity contribution in [2.45, 2.75) is 39.8 Å². The van der Waals surface area contributed by atoms with Crippen molar-refractivity contribution in [2.24, 2.45) is 5.92 Å². The van der Waals surface area contributed by atoms with E-state index in [1.54, 1.807) is 0 Å². The summed E-state index contributed by atoms with van der Waals surface area (Å²) in [6, 6.07) is 10.2. The topological polar surface area (TPSA) is 76.2 Å². The highest BCUT2D eigenvalue weighted by molar-refractivity contribution is 5.78. The molecule has 1 N–H and O–H groups in total. The number of nitrogens with one attached hydrogen (secondary N) is 1. The van der Waals surface area contributed by atoms with Crippen molar-refractivity contribution in [1.29, 1.82) is 0 Å². The van der Waals surface area contributed by atoms with Crippen LogP contribution in [0.3, 0.4) is 0 Å². The van der Waals surface area contributed by atoms with E-state index in [0.29, 0.717) is 13.0 Å². The summed E-state index contributed by atoms with van der Waals surface area (Å²) >= 11 is 0. The van der Waals surface area contributed by atoms with Crippen LogP contribution in [0.1, 0.15) is 31.3 Å². The number of benzene rings is 1. The van der Waals surface area contributed by atoms with Crippen LogP contribution >= 0.6 is 0 Å². The number of fused-ring (bicyclic) bond motifs is 2. The van der Waals surface area contributed by atoms with Gasteiger partial charge in [-0.25, -0.2) is 0 Å². The van der Waals surface area contributed by atoms with E-state index in [1.807, 2.05) is 32.0 Å². The Kier molecular flexibility index (Phi) is 5.43. The fourth-order valence-corrected chi connectivity index (χ4v) is 3.61. The van der Waals surface area contributed by atoms with Gasteiger partial charge in [-0.1, -0.05) is 32.0 Å². The van der Waals surface area contributed by atoms with Crippen molar-refractivity contribution in [3.63, 3.8) is 0 Å². The van der Waals surface area contributed by atoms with E-state index in [4.69, 9.17) is 4.42 Å². The van der Waals surface area contributed by atoms with Gasteiger partial charge in [0, 0.05) is 50.3 Å². The molecule has 0 saturated heterocycles. The van der Waals surface area contributed by atoms with Gasteiger partial charge in [0.15, 0.2) is 0 Å². The van der Waals surface area contributed by atoms with Crippen molar-refractivity contribution >= 4 is 16.9 Å². The Bertz CT molecular complexity index is 926. The van der Waals surface area contributed by atoms with Crippen LogP contribution in [0.2, 0.25) is 0 Å². The molecule has 0 radical (unpaired) electrons. The summed E-state index contributed by atoms with van der Waals surface area (Å²) in [6.07, 6.45) is 1.57. The summed E-state index contributed by atoms with van der Waals surface area (Å²) in [5.74, 6) is 3.05. The highest BCUT2D eigenvalue weighted by Crippen LogP contribution is 2.21. The summed E-state index contributed by atoms with van der Waals surface area (Å²) in [6.45, 7) is 7.90. The number of furan rings is 1. The van der Waals surface area contributed by atoms with E-state index >= 15 is 0 Å². The summed E-state index contributed by atoms with van der Waals surface area (Å²) in [5.41, 5.74) is 0.940. The van der Waals surface area contributed by atoms with Gasteiger partial charge in [-0.3, -0.25) is 9.69 Å². The summed E-state index contributed by atoms with van der Waals surface area (Å²) in [7, 11) is 0. The second kappa shape index (κ2) is 8.14. The van der Waals surface area contributed by atoms with Gasteiger partial charge in [0.25, 0.3) is 0 Å². The molecule has 3 heterocycles. The van der Waals surface area contributed by atoms with Crippen molar-refractivity contribution in [3.05, 3.63) is 47.7 Å².